The Labute approximate surface area is 115 Å². The van der Waals surface area contributed by atoms with E-state index in [9.17, 15) is 18.4 Å². The Balaban J connectivity index is 3.23. The number of hydrogen-bond acceptors (Lipinski definition) is 4. The number of ether oxygens (including phenoxy) is 1. The van der Waals surface area contributed by atoms with E-state index in [4.69, 9.17) is 0 Å². The van der Waals surface area contributed by atoms with Gasteiger partial charge in [0.15, 0.2) is 0 Å². The SMILES string of the molecule is CNC(C)/C=C(/C(=O)OC)C(=O)c1ccc(F)cc1F. The third kappa shape index (κ3) is 3.71. The number of halogens is 2. The average molecular weight is 283 g/mol. The third-order valence-corrected chi connectivity index (χ3v) is 2.70. The summed E-state index contributed by atoms with van der Waals surface area (Å²) in [4.78, 5) is 23.8. The Morgan fingerprint density at radius 2 is 2.00 bits per heavy atom. The molecule has 108 valence electrons. The van der Waals surface area contributed by atoms with Gasteiger partial charge in [-0.1, -0.05) is 0 Å². The standard InChI is InChI=1S/C14H15F2NO3/c1-8(17-2)6-11(14(19)20-3)13(18)10-5-4-9(15)7-12(10)16/h4-8,17H,1-3H3/b11-6+. The molecule has 1 N–H and O–H groups in total. The zero-order valence-corrected chi connectivity index (χ0v) is 11.4. The van der Waals surface area contributed by atoms with Crippen molar-refractivity contribution in [1.82, 2.24) is 5.32 Å². The molecule has 0 radical (unpaired) electrons. The lowest BCUT2D eigenvalue weighted by Gasteiger charge is -2.09. The number of ketones is 1. The molecular weight excluding hydrogens is 268 g/mol. The molecule has 4 nitrogen and oxygen atoms in total. The number of nitrogens with one attached hydrogen (secondary N) is 1. The lowest BCUT2D eigenvalue weighted by molar-refractivity contribution is -0.135. The summed E-state index contributed by atoms with van der Waals surface area (Å²) >= 11 is 0. The second kappa shape index (κ2) is 6.91. The summed E-state index contributed by atoms with van der Waals surface area (Å²) in [6.45, 7) is 1.71. The molecule has 0 aliphatic carbocycles. The minimum absolute atomic E-state index is 0.295. The fraction of sp³-hybridized carbons (Fsp3) is 0.286. The number of Topliss-reactive ketones (excluding diaryl/α,β-unsaturated/α-hetero) is 1. The first-order chi connectivity index (χ1) is 9.40. The van der Waals surface area contributed by atoms with Crippen LogP contribution in [0.2, 0.25) is 0 Å². The highest BCUT2D eigenvalue weighted by molar-refractivity contribution is 6.24. The van der Waals surface area contributed by atoms with Crippen LogP contribution in [0.3, 0.4) is 0 Å². The number of likely N-dealkylation sites (N-methyl/N-ethyl adjacent to an activating group) is 1. The summed E-state index contributed by atoms with van der Waals surface area (Å²) in [7, 11) is 2.76. The first-order valence-corrected chi connectivity index (χ1v) is 5.87. The Kier molecular flexibility index (Phi) is 5.52. The number of benzene rings is 1. The van der Waals surface area contributed by atoms with Crippen molar-refractivity contribution in [3.05, 3.63) is 47.0 Å². The van der Waals surface area contributed by atoms with Crippen LogP contribution in [0.5, 0.6) is 0 Å². The summed E-state index contributed by atoms with van der Waals surface area (Å²) in [6, 6.07) is 2.24. The molecule has 6 heteroatoms. The quantitative estimate of drug-likeness (QED) is 0.295. The van der Waals surface area contributed by atoms with Crippen LogP contribution in [0.4, 0.5) is 8.78 Å². The van der Waals surface area contributed by atoms with Crippen LogP contribution in [0.1, 0.15) is 17.3 Å². The maximum atomic E-state index is 13.6. The molecule has 0 saturated carbocycles. The zero-order valence-electron chi connectivity index (χ0n) is 11.4. The van der Waals surface area contributed by atoms with Crippen LogP contribution < -0.4 is 5.32 Å². The van der Waals surface area contributed by atoms with E-state index in [-0.39, 0.29) is 17.2 Å². The summed E-state index contributed by atoms with van der Waals surface area (Å²) < 4.78 is 30.9. The lowest BCUT2D eigenvalue weighted by atomic mass is 10.0. The lowest BCUT2D eigenvalue weighted by Crippen LogP contribution is -2.23. The smallest absolute Gasteiger partial charge is 0.341 e. The van der Waals surface area contributed by atoms with Gasteiger partial charge in [0, 0.05) is 12.1 Å². The minimum atomic E-state index is -1.03. The number of carbonyl (C=O) groups is 2. The van der Waals surface area contributed by atoms with Crippen LogP contribution >= 0.6 is 0 Å². The molecular formula is C14H15F2NO3. The van der Waals surface area contributed by atoms with E-state index < -0.39 is 23.4 Å². The number of hydrogen-bond donors (Lipinski definition) is 1. The first kappa shape index (κ1) is 16.0. The molecule has 0 aromatic heterocycles. The molecule has 0 heterocycles. The summed E-state index contributed by atoms with van der Waals surface area (Å²) in [5, 5.41) is 2.81. The maximum absolute atomic E-state index is 13.6. The van der Waals surface area contributed by atoms with Crippen LogP contribution in [0.15, 0.2) is 29.8 Å². The van der Waals surface area contributed by atoms with Crippen molar-refractivity contribution < 1.29 is 23.1 Å². The van der Waals surface area contributed by atoms with Crippen LogP contribution in [0.25, 0.3) is 0 Å². The monoisotopic (exact) mass is 283 g/mol. The molecule has 0 aliphatic rings. The van der Waals surface area contributed by atoms with Gasteiger partial charge < -0.3 is 10.1 Å². The van der Waals surface area contributed by atoms with Crippen molar-refractivity contribution in [2.75, 3.05) is 14.2 Å². The van der Waals surface area contributed by atoms with Crippen molar-refractivity contribution in [3.63, 3.8) is 0 Å². The molecule has 0 bridgehead atoms. The van der Waals surface area contributed by atoms with E-state index in [1.807, 2.05) is 0 Å². The van der Waals surface area contributed by atoms with E-state index in [1.165, 1.54) is 6.08 Å². The normalized spacial score (nSPS) is 12.9. The number of rotatable bonds is 5. The number of carbonyl (C=O) groups excluding carboxylic acids is 2. The van der Waals surface area contributed by atoms with Gasteiger partial charge in [-0.05, 0) is 32.2 Å². The largest absolute Gasteiger partial charge is 0.465 e. The summed E-state index contributed by atoms with van der Waals surface area (Å²) in [5.74, 6) is -3.55. The minimum Gasteiger partial charge on any atom is -0.465 e. The topological polar surface area (TPSA) is 55.4 Å². The molecule has 1 rings (SSSR count). The van der Waals surface area contributed by atoms with Crippen molar-refractivity contribution in [2.24, 2.45) is 0 Å². The highest BCUT2D eigenvalue weighted by Crippen LogP contribution is 2.16. The van der Waals surface area contributed by atoms with Gasteiger partial charge in [0.2, 0.25) is 5.78 Å². The number of esters is 1. The zero-order chi connectivity index (χ0) is 15.3. The van der Waals surface area contributed by atoms with Crippen molar-refractivity contribution >= 4 is 11.8 Å². The third-order valence-electron chi connectivity index (χ3n) is 2.70. The van der Waals surface area contributed by atoms with Crippen molar-refractivity contribution in [1.29, 1.82) is 0 Å². The van der Waals surface area contributed by atoms with Gasteiger partial charge in [-0.25, -0.2) is 13.6 Å². The van der Waals surface area contributed by atoms with Crippen LogP contribution in [-0.2, 0) is 9.53 Å². The van der Waals surface area contributed by atoms with E-state index in [0.717, 1.165) is 19.2 Å². The molecule has 0 saturated heterocycles. The van der Waals surface area contributed by atoms with E-state index in [0.29, 0.717) is 6.07 Å². The Bertz CT molecular complexity index is 555. The summed E-state index contributed by atoms with van der Waals surface area (Å²) in [6.07, 6.45) is 1.33. The van der Waals surface area contributed by atoms with Gasteiger partial charge in [-0.15, -0.1) is 0 Å². The molecule has 0 fully saturated rings. The van der Waals surface area contributed by atoms with Gasteiger partial charge in [0.25, 0.3) is 0 Å². The molecule has 0 amide bonds. The van der Waals surface area contributed by atoms with Crippen LogP contribution in [0, 0.1) is 11.6 Å². The molecule has 0 aliphatic heterocycles. The Morgan fingerprint density at radius 3 is 2.50 bits per heavy atom. The second-order valence-corrected chi connectivity index (χ2v) is 4.10. The highest BCUT2D eigenvalue weighted by Gasteiger charge is 2.24. The van der Waals surface area contributed by atoms with Crippen LogP contribution in [-0.4, -0.2) is 32.0 Å². The van der Waals surface area contributed by atoms with Gasteiger partial charge in [-0.3, -0.25) is 4.79 Å². The molecule has 1 aromatic rings. The first-order valence-electron chi connectivity index (χ1n) is 5.87. The number of methoxy groups -OCH3 is 1. The van der Waals surface area contributed by atoms with Gasteiger partial charge in [0.05, 0.1) is 12.7 Å². The second-order valence-electron chi connectivity index (χ2n) is 4.10. The van der Waals surface area contributed by atoms with Crippen molar-refractivity contribution in [3.8, 4) is 0 Å². The van der Waals surface area contributed by atoms with Gasteiger partial charge in [0.1, 0.15) is 17.2 Å². The van der Waals surface area contributed by atoms with Gasteiger partial charge in [-0.2, -0.15) is 0 Å². The Hall–Kier alpha value is -2.08. The molecule has 1 unspecified atom stereocenters. The van der Waals surface area contributed by atoms with Crippen molar-refractivity contribution in [2.45, 2.75) is 13.0 Å². The predicted octanol–water partition coefficient (Wildman–Crippen LogP) is 1.85. The van der Waals surface area contributed by atoms with E-state index in [2.05, 4.69) is 10.1 Å². The molecule has 1 atom stereocenters. The molecule has 20 heavy (non-hydrogen) atoms. The molecule has 1 aromatic carbocycles. The van der Waals surface area contributed by atoms with Gasteiger partial charge >= 0.3 is 5.97 Å². The fourth-order valence-corrected chi connectivity index (χ4v) is 1.50. The maximum Gasteiger partial charge on any atom is 0.341 e. The predicted molar refractivity (Wildman–Crippen MR) is 69.3 cm³/mol. The Morgan fingerprint density at radius 1 is 1.35 bits per heavy atom. The molecule has 0 spiro atoms. The highest BCUT2D eigenvalue weighted by atomic mass is 19.1. The van der Waals surface area contributed by atoms with E-state index >= 15 is 0 Å². The fourth-order valence-electron chi connectivity index (χ4n) is 1.50. The summed E-state index contributed by atoms with van der Waals surface area (Å²) in [5.41, 5.74) is -0.689. The average Bonchev–Trinajstić information content (AvgIpc) is 2.42. The van der Waals surface area contributed by atoms with E-state index in [1.54, 1.807) is 14.0 Å².